The first-order chi connectivity index (χ1) is 10.3. The van der Waals surface area contributed by atoms with E-state index in [2.05, 4.69) is 46.5 Å². The van der Waals surface area contributed by atoms with Crippen LogP contribution in [0.5, 0.6) is 0 Å². The first-order valence-electron chi connectivity index (χ1n) is 7.45. The molecular weight excluding hydrogens is 262 g/mol. The van der Waals surface area contributed by atoms with Crippen molar-refractivity contribution >= 4 is 5.95 Å². The zero-order chi connectivity index (χ0) is 14.5. The molecule has 4 heteroatoms. The lowest BCUT2D eigenvalue weighted by molar-refractivity contribution is 0.0541. The molecule has 1 aromatic heterocycles. The van der Waals surface area contributed by atoms with Crippen LogP contribution in [0.15, 0.2) is 42.7 Å². The van der Waals surface area contributed by atoms with Crippen LogP contribution >= 0.6 is 0 Å². The molecule has 0 radical (unpaired) electrons. The van der Waals surface area contributed by atoms with Gasteiger partial charge >= 0.3 is 0 Å². The van der Waals surface area contributed by atoms with Gasteiger partial charge in [-0.1, -0.05) is 24.3 Å². The fourth-order valence-electron chi connectivity index (χ4n) is 3.11. The van der Waals surface area contributed by atoms with Gasteiger partial charge in [-0.2, -0.15) is 0 Å². The highest BCUT2D eigenvalue weighted by molar-refractivity contribution is 5.37. The minimum absolute atomic E-state index is 0.1000. The smallest absolute Gasteiger partial charge is 0.222 e. The number of aryl methyl sites for hydroxylation is 1. The monoisotopic (exact) mass is 283 g/mol. The third-order valence-corrected chi connectivity index (χ3v) is 4.32. The summed E-state index contributed by atoms with van der Waals surface area (Å²) in [4.78, 5) is 8.51. The topological polar surface area (TPSA) is 47.0 Å². The second-order valence-corrected chi connectivity index (χ2v) is 5.63. The normalized spacial score (nSPS) is 17.4. The molecule has 110 valence electrons. The lowest BCUT2D eigenvalue weighted by Crippen LogP contribution is -2.40. The molecular formula is C17H21N3O. The summed E-state index contributed by atoms with van der Waals surface area (Å²) in [6, 6.07) is 10.5. The SMILES string of the molecule is Cc1ccccc1C1(CNc2ncccn2)CCOCC1. The summed E-state index contributed by atoms with van der Waals surface area (Å²) >= 11 is 0. The Bertz CT molecular complexity index is 580. The van der Waals surface area contributed by atoms with Gasteiger partial charge in [0.1, 0.15) is 0 Å². The standard InChI is InChI=1S/C17H21N3O/c1-14-5-2-3-6-15(14)17(7-11-21-12-8-17)13-20-16-18-9-4-10-19-16/h2-6,9-10H,7-8,11-13H2,1H3,(H,18,19,20). The molecule has 0 amide bonds. The quantitative estimate of drug-likeness (QED) is 0.937. The van der Waals surface area contributed by atoms with Gasteiger partial charge in [-0.25, -0.2) is 9.97 Å². The van der Waals surface area contributed by atoms with Crippen LogP contribution in [0.3, 0.4) is 0 Å². The van der Waals surface area contributed by atoms with E-state index in [9.17, 15) is 0 Å². The van der Waals surface area contributed by atoms with Crippen molar-refractivity contribution < 1.29 is 4.74 Å². The minimum atomic E-state index is 0.1000. The molecule has 1 N–H and O–H groups in total. The van der Waals surface area contributed by atoms with E-state index in [1.165, 1.54) is 11.1 Å². The Kier molecular flexibility index (Phi) is 4.15. The fraction of sp³-hybridized carbons (Fsp3) is 0.412. The molecule has 21 heavy (non-hydrogen) atoms. The number of nitrogens with zero attached hydrogens (tertiary/aromatic N) is 2. The number of benzene rings is 1. The summed E-state index contributed by atoms with van der Waals surface area (Å²) < 4.78 is 5.58. The van der Waals surface area contributed by atoms with Crippen molar-refractivity contribution in [1.82, 2.24) is 9.97 Å². The Morgan fingerprint density at radius 3 is 2.52 bits per heavy atom. The number of hydrogen-bond donors (Lipinski definition) is 1. The molecule has 0 spiro atoms. The van der Waals surface area contributed by atoms with Crippen molar-refractivity contribution in [3.8, 4) is 0 Å². The molecule has 2 heterocycles. The molecule has 3 rings (SSSR count). The molecule has 1 aromatic carbocycles. The predicted octanol–water partition coefficient (Wildman–Crippen LogP) is 2.95. The van der Waals surface area contributed by atoms with Crippen molar-refractivity contribution in [3.63, 3.8) is 0 Å². The van der Waals surface area contributed by atoms with Crippen molar-refractivity contribution in [1.29, 1.82) is 0 Å². The van der Waals surface area contributed by atoms with Gasteiger partial charge in [0.05, 0.1) is 0 Å². The van der Waals surface area contributed by atoms with Gasteiger partial charge in [0.15, 0.2) is 0 Å². The van der Waals surface area contributed by atoms with Crippen LogP contribution in [-0.2, 0) is 10.2 Å². The average Bonchev–Trinajstić information content (AvgIpc) is 2.55. The van der Waals surface area contributed by atoms with Gasteiger partial charge < -0.3 is 10.1 Å². The van der Waals surface area contributed by atoms with Gasteiger partial charge in [-0.3, -0.25) is 0 Å². The van der Waals surface area contributed by atoms with E-state index >= 15 is 0 Å². The Morgan fingerprint density at radius 2 is 1.81 bits per heavy atom. The van der Waals surface area contributed by atoms with Crippen LogP contribution in [0.2, 0.25) is 0 Å². The Hall–Kier alpha value is -1.94. The number of anilines is 1. The van der Waals surface area contributed by atoms with Crippen LogP contribution < -0.4 is 5.32 Å². The lowest BCUT2D eigenvalue weighted by atomic mass is 9.72. The Labute approximate surface area is 125 Å². The summed E-state index contributed by atoms with van der Waals surface area (Å²) in [6.07, 6.45) is 5.58. The molecule has 2 aromatic rings. The maximum Gasteiger partial charge on any atom is 0.222 e. The van der Waals surface area contributed by atoms with Crippen molar-refractivity contribution in [3.05, 3.63) is 53.9 Å². The zero-order valence-corrected chi connectivity index (χ0v) is 12.4. The molecule has 1 aliphatic heterocycles. The Balaban J connectivity index is 1.85. The Morgan fingerprint density at radius 1 is 1.10 bits per heavy atom. The van der Waals surface area contributed by atoms with Crippen LogP contribution in [0.25, 0.3) is 0 Å². The van der Waals surface area contributed by atoms with Crippen molar-refractivity contribution in [2.75, 3.05) is 25.1 Å². The summed E-state index contributed by atoms with van der Waals surface area (Å²) in [7, 11) is 0. The second kappa shape index (κ2) is 6.22. The largest absolute Gasteiger partial charge is 0.381 e. The van der Waals surface area contributed by atoms with E-state index in [-0.39, 0.29) is 5.41 Å². The van der Waals surface area contributed by atoms with Crippen LogP contribution in [-0.4, -0.2) is 29.7 Å². The average molecular weight is 283 g/mol. The number of rotatable bonds is 4. The summed E-state index contributed by atoms with van der Waals surface area (Å²) in [5.41, 5.74) is 2.86. The first kappa shape index (κ1) is 14.0. The number of ether oxygens (including phenoxy) is 1. The van der Waals surface area contributed by atoms with Crippen molar-refractivity contribution in [2.24, 2.45) is 0 Å². The van der Waals surface area contributed by atoms with E-state index < -0.39 is 0 Å². The zero-order valence-electron chi connectivity index (χ0n) is 12.4. The molecule has 1 fully saturated rings. The van der Waals surface area contributed by atoms with E-state index in [0.29, 0.717) is 5.95 Å². The molecule has 0 unspecified atom stereocenters. The summed E-state index contributed by atoms with van der Waals surface area (Å²) in [5, 5.41) is 3.40. The first-order valence-corrected chi connectivity index (χ1v) is 7.45. The fourth-order valence-corrected chi connectivity index (χ4v) is 3.11. The minimum Gasteiger partial charge on any atom is -0.381 e. The number of hydrogen-bond acceptors (Lipinski definition) is 4. The van der Waals surface area contributed by atoms with E-state index in [1.54, 1.807) is 12.4 Å². The highest BCUT2D eigenvalue weighted by Crippen LogP contribution is 2.36. The molecule has 1 saturated heterocycles. The van der Waals surface area contributed by atoms with Gasteiger partial charge in [-0.05, 0) is 37.0 Å². The van der Waals surface area contributed by atoms with Gasteiger partial charge in [-0.15, -0.1) is 0 Å². The molecule has 0 aliphatic carbocycles. The third kappa shape index (κ3) is 3.05. The second-order valence-electron chi connectivity index (χ2n) is 5.63. The van der Waals surface area contributed by atoms with Crippen LogP contribution in [0.1, 0.15) is 24.0 Å². The number of nitrogens with one attached hydrogen (secondary N) is 1. The molecule has 0 bridgehead atoms. The molecule has 0 saturated carbocycles. The van der Waals surface area contributed by atoms with Crippen LogP contribution in [0, 0.1) is 6.92 Å². The highest BCUT2D eigenvalue weighted by Gasteiger charge is 2.35. The summed E-state index contributed by atoms with van der Waals surface area (Å²) in [5.74, 6) is 0.692. The van der Waals surface area contributed by atoms with Crippen molar-refractivity contribution in [2.45, 2.75) is 25.2 Å². The van der Waals surface area contributed by atoms with E-state index in [0.717, 1.165) is 32.6 Å². The molecule has 1 aliphatic rings. The van der Waals surface area contributed by atoms with E-state index in [1.807, 2.05) is 6.07 Å². The maximum atomic E-state index is 5.58. The van der Waals surface area contributed by atoms with Gasteiger partial charge in [0, 0.05) is 37.6 Å². The maximum absolute atomic E-state index is 5.58. The van der Waals surface area contributed by atoms with Gasteiger partial charge in [0.2, 0.25) is 5.95 Å². The lowest BCUT2D eigenvalue weighted by Gasteiger charge is -2.39. The molecule has 0 atom stereocenters. The predicted molar refractivity (Wildman–Crippen MR) is 83.4 cm³/mol. The highest BCUT2D eigenvalue weighted by atomic mass is 16.5. The van der Waals surface area contributed by atoms with E-state index in [4.69, 9.17) is 4.74 Å². The molecule has 4 nitrogen and oxygen atoms in total. The van der Waals surface area contributed by atoms with Gasteiger partial charge in [0.25, 0.3) is 0 Å². The third-order valence-electron chi connectivity index (χ3n) is 4.32. The summed E-state index contributed by atoms with van der Waals surface area (Å²) in [6.45, 7) is 4.65. The van der Waals surface area contributed by atoms with Crippen LogP contribution in [0.4, 0.5) is 5.95 Å². The number of aromatic nitrogens is 2.